The van der Waals surface area contributed by atoms with Crippen LogP contribution in [0.15, 0.2) is 49.6 Å². The molecule has 0 spiro atoms. The lowest BCUT2D eigenvalue weighted by atomic mass is 9.44. The highest BCUT2D eigenvalue weighted by atomic mass is 79.9. The Morgan fingerprint density at radius 1 is 0.427 bits per heavy atom. The highest BCUT2D eigenvalue weighted by molar-refractivity contribution is 9.09. The number of Topliss-reactive ketones (excluding diaryl/α,β-unsaturated/α-hetero) is 3. The molecule has 20 heteroatoms. The Bertz CT molecular complexity index is 3930. The van der Waals surface area contributed by atoms with Crippen LogP contribution in [0, 0.1) is 121 Å². The van der Waals surface area contributed by atoms with Crippen molar-refractivity contribution < 1.29 is 29.7 Å². The van der Waals surface area contributed by atoms with Crippen molar-refractivity contribution >= 4 is 66.9 Å². The van der Waals surface area contributed by atoms with E-state index in [2.05, 4.69) is 113 Å². The van der Waals surface area contributed by atoms with E-state index in [1.807, 2.05) is 27.0 Å². The van der Waals surface area contributed by atoms with Gasteiger partial charge in [0.1, 0.15) is 23.4 Å². The van der Waals surface area contributed by atoms with Gasteiger partial charge in [-0.15, -0.1) is 10.2 Å². The minimum absolute atomic E-state index is 0. The number of ketones is 3. The lowest BCUT2D eigenvalue weighted by molar-refractivity contribution is -0.151. The van der Waals surface area contributed by atoms with Gasteiger partial charge in [-0.2, -0.15) is 15.4 Å². The zero-order chi connectivity index (χ0) is 70.2. The second-order valence-corrected chi connectivity index (χ2v) is 37.9. The summed E-state index contributed by atoms with van der Waals surface area (Å²) in [6.45, 7) is 21.7. The molecule has 12 fully saturated rings. The minimum Gasteiger partial charge on any atom is -0.390 e. The minimum atomic E-state index is -0.480. The Labute approximate surface area is 622 Å². The van der Waals surface area contributed by atoms with Crippen molar-refractivity contribution in [3.63, 3.8) is 0 Å². The van der Waals surface area contributed by atoms with Gasteiger partial charge in [0.2, 0.25) is 11.3 Å². The molecule has 6 aromatic rings. The SMILES string of the molecule is C.C.C.C[C@@]1(O)CC[C@@]2(C)[C@H](CC[C@@H]3[C@@H]2CC[C@]2(C)[C@@H](C(=O)CBr)CC[C@@H]32)C1.C[C@@]1(O)CC[C@@]2(C)[C@H](CC[C@@H]3[C@@H]2CC[C@]2(C)[C@@H](C(=O)Cn4cc5nccnc5n4)CC[C@@H]32)C1.C[C@@]1(O)CC[C@@]2(C)[C@H](CC[C@@H]3[C@@H]2CC[C@]2(C)[C@@H](C(=O)Cn4ncc5nccnc54)CC[C@@H]32)C1.c1cnc2n[nH]nc2n1. The number of carbonyl (C=O) groups excluding carboxylic acids is 3. The number of fused-ring (bicyclic) bond motifs is 18. The van der Waals surface area contributed by atoms with Crippen molar-refractivity contribution in [3.8, 4) is 0 Å². The highest BCUT2D eigenvalue weighted by Crippen LogP contribution is 2.72. The molecule has 566 valence electrons. The molecule has 12 aliphatic carbocycles. The molecule has 4 N–H and O–H groups in total. The number of carbonyl (C=O) groups is 3. The summed E-state index contributed by atoms with van der Waals surface area (Å²) in [5.41, 5.74) is 4.13. The Hall–Kier alpha value is -5.05. The first kappa shape index (κ1) is 77.6. The Kier molecular flexibility index (Phi) is 21.7. The van der Waals surface area contributed by atoms with Crippen LogP contribution in [0.5, 0.6) is 0 Å². The Balaban J connectivity index is 0.000000136. The van der Waals surface area contributed by atoms with Crippen LogP contribution in [-0.4, -0.2) is 120 Å². The third-order valence-electron chi connectivity index (χ3n) is 32.2. The number of aromatic amines is 1. The van der Waals surface area contributed by atoms with Crippen molar-refractivity contribution in [2.24, 2.45) is 121 Å². The Morgan fingerprint density at radius 3 is 1.21 bits per heavy atom. The molecule has 6 heterocycles. The molecule has 24 atom stereocenters. The predicted octanol–water partition coefficient (Wildman–Crippen LogP) is 16.6. The molecule has 12 saturated carbocycles. The molecule has 0 bridgehead atoms. The zero-order valence-electron chi connectivity index (χ0n) is 61.3. The second kappa shape index (κ2) is 28.8. The number of H-pyrrole nitrogens is 1. The van der Waals surface area contributed by atoms with Crippen LogP contribution in [0.2, 0.25) is 0 Å². The van der Waals surface area contributed by atoms with E-state index in [-0.39, 0.29) is 56.3 Å². The number of nitrogens with one attached hydrogen (secondary N) is 1. The summed E-state index contributed by atoms with van der Waals surface area (Å²) >= 11 is 3.43. The zero-order valence-corrected chi connectivity index (χ0v) is 62.9. The first-order chi connectivity index (χ1) is 47.6. The number of alkyl halides is 1. The molecule has 0 amide bonds. The summed E-state index contributed by atoms with van der Waals surface area (Å²) in [5, 5.41) is 51.3. The van der Waals surface area contributed by atoms with Gasteiger partial charge in [-0.3, -0.25) is 19.1 Å². The first-order valence-corrected chi connectivity index (χ1v) is 40.3. The van der Waals surface area contributed by atoms with Crippen molar-refractivity contribution in [1.29, 1.82) is 0 Å². The van der Waals surface area contributed by atoms with Gasteiger partial charge in [0.25, 0.3) is 0 Å². The smallest absolute Gasteiger partial charge is 0.220 e. The average Bonchev–Trinajstić information content (AvgIpc) is 1.72. The molecule has 12 aliphatic rings. The molecule has 0 aliphatic heterocycles. The van der Waals surface area contributed by atoms with Crippen LogP contribution in [0.1, 0.15) is 258 Å². The average molecular weight is 1480 g/mol. The van der Waals surface area contributed by atoms with Crippen molar-refractivity contribution in [3.05, 3.63) is 49.6 Å². The van der Waals surface area contributed by atoms with Gasteiger partial charge >= 0.3 is 0 Å². The van der Waals surface area contributed by atoms with E-state index in [0.29, 0.717) is 104 Å². The number of aliphatic hydroxyl groups is 3. The van der Waals surface area contributed by atoms with Crippen LogP contribution in [0.3, 0.4) is 0 Å². The van der Waals surface area contributed by atoms with Gasteiger partial charge in [-0.1, -0.05) is 79.8 Å². The van der Waals surface area contributed by atoms with E-state index in [0.717, 1.165) is 136 Å². The third kappa shape index (κ3) is 13.7. The van der Waals surface area contributed by atoms with Crippen LogP contribution in [0.25, 0.3) is 33.6 Å². The van der Waals surface area contributed by atoms with Crippen molar-refractivity contribution in [2.45, 2.75) is 288 Å². The molecule has 103 heavy (non-hydrogen) atoms. The summed E-state index contributed by atoms with van der Waals surface area (Å²) < 4.78 is 3.49. The topological polar surface area (TPSA) is 266 Å². The van der Waals surface area contributed by atoms with E-state index in [9.17, 15) is 29.7 Å². The summed E-state index contributed by atoms with van der Waals surface area (Å²) in [6.07, 6.45) is 44.5. The number of hydrogen-bond acceptors (Lipinski definition) is 16. The van der Waals surface area contributed by atoms with E-state index < -0.39 is 16.8 Å². The molecular weight excluding hydrogens is 1350 g/mol. The summed E-state index contributed by atoms with van der Waals surface area (Å²) in [4.78, 5) is 64.7. The van der Waals surface area contributed by atoms with Gasteiger partial charge in [0.15, 0.2) is 22.9 Å². The van der Waals surface area contributed by atoms with E-state index in [1.54, 1.807) is 52.7 Å². The molecular formula is C83H126BrN13O6. The van der Waals surface area contributed by atoms with Crippen LogP contribution >= 0.6 is 15.9 Å². The van der Waals surface area contributed by atoms with E-state index in [4.69, 9.17) is 0 Å². The number of hydrogen-bond donors (Lipinski definition) is 4. The third-order valence-corrected chi connectivity index (χ3v) is 32.8. The lowest BCUT2D eigenvalue weighted by Crippen LogP contribution is -2.55. The monoisotopic (exact) mass is 1480 g/mol. The fourth-order valence-electron chi connectivity index (χ4n) is 26.9. The molecule has 0 unspecified atom stereocenters. The summed E-state index contributed by atoms with van der Waals surface area (Å²) in [5.74, 6) is 10.3. The normalized spacial score (nSPS) is 43.0. The van der Waals surface area contributed by atoms with Gasteiger partial charge in [0.05, 0.1) is 41.1 Å². The number of nitrogens with zero attached hydrogens (tertiary/aromatic N) is 12. The fourth-order valence-corrected chi connectivity index (χ4v) is 27.3. The van der Waals surface area contributed by atoms with Crippen molar-refractivity contribution in [2.75, 3.05) is 5.33 Å². The van der Waals surface area contributed by atoms with E-state index in [1.165, 1.54) is 89.9 Å². The maximum absolute atomic E-state index is 13.6. The largest absolute Gasteiger partial charge is 0.390 e. The quantitative estimate of drug-likeness (QED) is 0.103. The maximum atomic E-state index is 13.6. The lowest BCUT2D eigenvalue weighted by Gasteiger charge is -2.61. The predicted molar refractivity (Wildman–Crippen MR) is 407 cm³/mol. The van der Waals surface area contributed by atoms with Gasteiger partial charge in [0, 0.05) is 54.9 Å². The Morgan fingerprint density at radius 2 is 0.796 bits per heavy atom. The number of rotatable bonds is 8. The molecule has 0 aromatic carbocycles. The summed E-state index contributed by atoms with van der Waals surface area (Å²) in [6, 6.07) is 0. The van der Waals surface area contributed by atoms with Gasteiger partial charge in [-0.05, 0) is 298 Å². The van der Waals surface area contributed by atoms with Gasteiger partial charge < -0.3 is 15.3 Å². The second-order valence-electron chi connectivity index (χ2n) is 37.3. The summed E-state index contributed by atoms with van der Waals surface area (Å²) in [7, 11) is 0. The molecule has 6 aromatic heterocycles. The maximum Gasteiger partial charge on any atom is 0.220 e. The van der Waals surface area contributed by atoms with Crippen LogP contribution in [-0.2, 0) is 27.5 Å². The standard InChI is InChI=1S/2C27H38N4O2.C22H35BrO2.C4H3N5.3CH4/c1-25(33)10-11-26(2)17(14-25)4-5-18-19-6-7-21(27(19,3)9-8-20(18)26)23(32)16-31-15-22-24(30-31)29-13-12-28-22;1-25(33)10-11-26(2)17(14-25)4-5-18-19-6-7-21(27(19,3)9-8-20(18)26)23(32)16-31-24-22(15-30-31)28-12-13-29-24;1-20(25)10-11-21(2)14(12-20)4-5-15-16-6-7-18(19(24)13-23)22(16,3)9-8-17(15)21;1-2-6-4-3(5-1)7-9-8-4;;;/h2*12-13,15,17-21,33H,4-11,14,16H2,1-3H3;14-18,25H,4-13H2,1-3H3;1-2H,(H,5,6,7,8,9);3*1H4/t2*17-,18+,19+,20+,21-,25-,26+,27+;14-,15+,16+,17+,18-,20-,21+,22+;;;;/m111..../s1. The van der Waals surface area contributed by atoms with Crippen LogP contribution in [0.4, 0.5) is 0 Å². The number of halogens is 1. The molecule has 0 saturated heterocycles. The molecule has 19 nitrogen and oxygen atoms in total. The van der Waals surface area contributed by atoms with Crippen LogP contribution < -0.4 is 0 Å². The first-order valence-electron chi connectivity index (χ1n) is 39.1. The highest BCUT2D eigenvalue weighted by Gasteiger charge is 2.65. The fraction of sp³-hybridized carbons (Fsp3) is 0.795. The van der Waals surface area contributed by atoms with Crippen molar-refractivity contribution in [1.82, 2.24) is 64.9 Å². The van der Waals surface area contributed by atoms with E-state index >= 15 is 0 Å². The molecule has 18 rings (SSSR count). The number of aromatic nitrogens is 13. The molecule has 0 radical (unpaired) electrons. The van der Waals surface area contributed by atoms with Gasteiger partial charge in [-0.25, -0.2) is 34.6 Å².